The van der Waals surface area contributed by atoms with Crippen molar-refractivity contribution in [3.63, 3.8) is 0 Å². The lowest BCUT2D eigenvalue weighted by Crippen LogP contribution is -2.50. The van der Waals surface area contributed by atoms with Crippen molar-refractivity contribution in [2.45, 2.75) is 4.90 Å². The van der Waals surface area contributed by atoms with Crippen molar-refractivity contribution in [3.8, 4) is 0 Å². The van der Waals surface area contributed by atoms with Gasteiger partial charge in [-0.3, -0.25) is 4.79 Å². The van der Waals surface area contributed by atoms with E-state index < -0.39 is 27.6 Å². The van der Waals surface area contributed by atoms with Gasteiger partial charge in [0.2, 0.25) is 10.0 Å². The van der Waals surface area contributed by atoms with Gasteiger partial charge in [-0.1, -0.05) is 34.8 Å². The van der Waals surface area contributed by atoms with Crippen LogP contribution in [0.15, 0.2) is 35.2 Å². The molecule has 1 heterocycles. The Morgan fingerprint density at radius 2 is 1.46 bits per heavy atom. The Kier molecular flexibility index (Phi) is 6.17. The molecule has 2 aromatic rings. The van der Waals surface area contributed by atoms with Crippen LogP contribution < -0.4 is 0 Å². The maximum Gasteiger partial charge on any atom is 0.255 e. The molecule has 0 unspecified atom stereocenters. The zero-order valence-corrected chi connectivity index (χ0v) is 17.2. The van der Waals surface area contributed by atoms with Crippen molar-refractivity contribution in [2.75, 3.05) is 26.2 Å². The molecule has 0 saturated carbocycles. The number of benzene rings is 2. The molecule has 0 aliphatic carbocycles. The molecule has 1 aliphatic rings. The average Bonchev–Trinajstić information content (AvgIpc) is 2.66. The Balaban J connectivity index is 1.74. The number of hydrogen-bond donors (Lipinski definition) is 0. The number of hydrogen-bond acceptors (Lipinski definition) is 3. The maximum absolute atomic E-state index is 13.7. The van der Waals surface area contributed by atoms with E-state index in [1.807, 2.05) is 0 Å². The van der Waals surface area contributed by atoms with Crippen LogP contribution in [-0.4, -0.2) is 49.7 Å². The first kappa shape index (κ1) is 21.3. The topological polar surface area (TPSA) is 57.7 Å². The summed E-state index contributed by atoms with van der Waals surface area (Å²) in [7, 11) is -3.89. The Bertz CT molecular complexity index is 1040. The van der Waals surface area contributed by atoms with Gasteiger partial charge >= 0.3 is 0 Å². The van der Waals surface area contributed by atoms with Crippen molar-refractivity contribution >= 4 is 50.7 Å². The van der Waals surface area contributed by atoms with Crippen molar-refractivity contribution in [1.82, 2.24) is 9.21 Å². The summed E-state index contributed by atoms with van der Waals surface area (Å²) in [6, 6.07) is 5.25. The van der Waals surface area contributed by atoms with Crippen LogP contribution >= 0.6 is 34.8 Å². The highest BCUT2D eigenvalue weighted by molar-refractivity contribution is 7.89. The first-order valence-electron chi connectivity index (χ1n) is 8.00. The minimum Gasteiger partial charge on any atom is -0.336 e. The minimum atomic E-state index is -3.89. The molecule has 1 aliphatic heterocycles. The summed E-state index contributed by atoms with van der Waals surface area (Å²) < 4.78 is 53.5. The zero-order chi connectivity index (χ0) is 20.6. The molecule has 0 spiro atoms. The summed E-state index contributed by atoms with van der Waals surface area (Å²) in [6.07, 6.45) is 0. The Morgan fingerprint density at radius 3 is 2.07 bits per heavy atom. The highest BCUT2D eigenvalue weighted by atomic mass is 35.5. The van der Waals surface area contributed by atoms with Crippen LogP contribution in [0.1, 0.15) is 10.4 Å². The summed E-state index contributed by atoms with van der Waals surface area (Å²) in [6.45, 7) is 0.175. The van der Waals surface area contributed by atoms with Crippen LogP contribution in [0.2, 0.25) is 15.1 Å². The van der Waals surface area contributed by atoms with Gasteiger partial charge in [0.25, 0.3) is 5.91 Å². The molecule has 150 valence electrons. The highest BCUT2D eigenvalue weighted by Gasteiger charge is 2.31. The van der Waals surface area contributed by atoms with Gasteiger partial charge in [0.15, 0.2) is 0 Å². The van der Waals surface area contributed by atoms with Gasteiger partial charge < -0.3 is 4.90 Å². The van der Waals surface area contributed by atoms with Crippen LogP contribution in [-0.2, 0) is 10.0 Å². The zero-order valence-electron chi connectivity index (χ0n) is 14.1. The number of nitrogens with zero attached hydrogens (tertiary/aromatic N) is 2. The monoisotopic (exact) mass is 468 g/mol. The molecule has 0 aromatic heterocycles. The summed E-state index contributed by atoms with van der Waals surface area (Å²) in [5.41, 5.74) is -0.0507. The van der Waals surface area contributed by atoms with Crippen LogP contribution in [0, 0.1) is 11.6 Å². The largest absolute Gasteiger partial charge is 0.336 e. The van der Waals surface area contributed by atoms with Crippen LogP contribution in [0.25, 0.3) is 0 Å². The van der Waals surface area contributed by atoms with Crippen LogP contribution in [0.4, 0.5) is 8.78 Å². The molecular weight excluding hydrogens is 457 g/mol. The molecule has 5 nitrogen and oxygen atoms in total. The third-order valence-electron chi connectivity index (χ3n) is 4.30. The molecule has 28 heavy (non-hydrogen) atoms. The van der Waals surface area contributed by atoms with E-state index in [9.17, 15) is 22.0 Å². The highest BCUT2D eigenvalue weighted by Crippen LogP contribution is 2.27. The van der Waals surface area contributed by atoms with Gasteiger partial charge in [0.05, 0.1) is 25.5 Å². The Labute approximate surface area is 175 Å². The van der Waals surface area contributed by atoms with E-state index in [0.29, 0.717) is 0 Å². The van der Waals surface area contributed by atoms with Crippen molar-refractivity contribution < 1.29 is 22.0 Å². The van der Waals surface area contributed by atoms with Gasteiger partial charge in [-0.2, -0.15) is 4.31 Å². The molecule has 2 aromatic carbocycles. The molecule has 0 radical (unpaired) electrons. The second-order valence-corrected chi connectivity index (χ2v) is 9.18. The quantitative estimate of drug-likeness (QED) is 0.637. The smallest absolute Gasteiger partial charge is 0.255 e. The van der Waals surface area contributed by atoms with E-state index in [4.69, 9.17) is 34.8 Å². The van der Waals surface area contributed by atoms with Gasteiger partial charge in [-0.05, 0) is 30.3 Å². The molecule has 0 bridgehead atoms. The maximum atomic E-state index is 13.7. The number of carbonyl (C=O) groups excluding carboxylic acids is 1. The van der Waals surface area contributed by atoms with Crippen molar-refractivity contribution in [2.24, 2.45) is 0 Å². The molecular formula is C17H13Cl3F2N2O3S. The second kappa shape index (κ2) is 8.12. The summed E-state index contributed by atoms with van der Waals surface area (Å²) in [4.78, 5) is 13.8. The van der Waals surface area contributed by atoms with Gasteiger partial charge in [0, 0.05) is 26.2 Å². The third-order valence-corrected chi connectivity index (χ3v) is 7.08. The molecule has 11 heteroatoms. The van der Waals surface area contributed by atoms with Crippen molar-refractivity contribution in [1.29, 1.82) is 0 Å². The van der Waals surface area contributed by atoms with Gasteiger partial charge in [-0.15, -0.1) is 0 Å². The van der Waals surface area contributed by atoms with E-state index in [1.54, 1.807) is 0 Å². The summed E-state index contributed by atoms with van der Waals surface area (Å²) in [5, 5.41) is -0.489. The van der Waals surface area contributed by atoms with Crippen LogP contribution in [0.5, 0.6) is 0 Å². The SMILES string of the molecule is O=C(c1cc(F)c(Cl)cc1Cl)N1CCN(S(=O)(=O)c2ccc(F)c(Cl)c2)CC1. The summed E-state index contributed by atoms with van der Waals surface area (Å²) >= 11 is 17.3. The second-order valence-electron chi connectivity index (χ2n) is 6.02. The lowest BCUT2D eigenvalue weighted by Gasteiger charge is -2.34. The third kappa shape index (κ3) is 4.11. The van der Waals surface area contributed by atoms with Crippen molar-refractivity contribution in [3.05, 3.63) is 62.6 Å². The van der Waals surface area contributed by atoms with Crippen LogP contribution in [0.3, 0.4) is 0 Å². The van der Waals surface area contributed by atoms with E-state index >= 15 is 0 Å². The van der Waals surface area contributed by atoms with E-state index in [1.165, 1.54) is 9.21 Å². The average molecular weight is 470 g/mol. The van der Waals surface area contributed by atoms with E-state index in [0.717, 1.165) is 30.3 Å². The van der Waals surface area contributed by atoms with E-state index in [-0.39, 0.29) is 51.7 Å². The number of piperazine rings is 1. The summed E-state index contributed by atoms with van der Waals surface area (Å²) in [5.74, 6) is -2.02. The number of halogens is 5. The minimum absolute atomic E-state index is 0.00686. The lowest BCUT2D eigenvalue weighted by atomic mass is 10.1. The first-order valence-corrected chi connectivity index (χ1v) is 10.6. The fourth-order valence-corrected chi connectivity index (χ4v) is 4.93. The number of carbonyl (C=O) groups is 1. The Morgan fingerprint density at radius 1 is 0.857 bits per heavy atom. The van der Waals surface area contributed by atoms with Gasteiger partial charge in [0.1, 0.15) is 11.6 Å². The molecule has 3 rings (SSSR count). The normalized spacial score (nSPS) is 15.7. The first-order chi connectivity index (χ1) is 13.1. The predicted octanol–water partition coefficient (Wildman–Crippen LogP) is 4.07. The fraction of sp³-hybridized carbons (Fsp3) is 0.235. The Hall–Kier alpha value is -1.45. The lowest BCUT2D eigenvalue weighted by molar-refractivity contribution is 0.0697. The number of sulfonamides is 1. The van der Waals surface area contributed by atoms with Gasteiger partial charge in [-0.25, -0.2) is 17.2 Å². The number of rotatable bonds is 3. The predicted molar refractivity (Wildman–Crippen MR) is 102 cm³/mol. The molecule has 0 atom stereocenters. The molecule has 1 fully saturated rings. The fourth-order valence-electron chi connectivity index (χ4n) is 2.77. The molecule has 0 N–H and O–H groups in total. The standard InChI is InChI=1S/C17H13Cl3F2N2O3S/c18-12-9-14(20)16(22)8-11(12)17(25)23-3-5-24(6-4-23)28(26,27)10-1-2-15(21)13(19)7-10/h1-2,7-9H,3-6H2. The number of amides is 1. The molecule has 1 amide bonds. The molecule has 1 saturated heterocycles. The van der Waals surface area contributed by atoms with E-state index in [2.05, 4.69) is 0 Å².